The minimum absolute atomic E-state index is 0.142. The summed E-state index contributed by atoms with van der Waals surface area (Å²) in [4.78, 5) is 19.4. The number of para-hydroxylation sites is 1. The standard InChI is InChI=1S/C21H24N4O2/c1-14-12-25(13-15(2)27-14)20-9-8-17(11-22-20)23-21(26)19-10-16-6-4-5-7-18(16)24(19)3/h4-11,14-15H,12-13H2,1-3H3,(H,23,26). The van der Waals surface area contributed by atoms with Gasteiger partial charge in [0.2, 0.25) is 0 Å². The van der Waals surface area contributed by atoms with Crippen LogP contribution < -0.4 is 10.2 Å². The fourth-order valence-corrected chi connectivity index (χ4v) is 3.71. The Morgan fingerprint density at radius 1 is 1.15 bits per heavy atom. The summed E-state index contributed by atoms with van der Waals surface area (Å²) in [6.07, 6.45) is 2.07. The molecule has 1 aliphatic heterocycles. The SMILES string of the molecule is CC1CN(c2ccc(NC(=O)c3cc4ccccc4n3C)cn2)CC(C)O1. The van der Waals surface area contributed by atoms with Gasteiger partial charge in [-0.3, -0.25) is 4.79 Å². The van der Waals surface area contributed by atoms with E-state index in [1.165, 1.54) is 0 Å². The third-order valence-corrected chi connectivity index (χ3v) is 4.93. The number of nitrogens with one attached hydrogen (secondary N) is 1. The Morgan fingerprint density at radius 3 is 2.56 bits per heavy atom. The van der Waals surface area contributed by atoms with Crippen molar-refractivity contribution in [3.8, 4) is 0 Å². The molecule has 0 bridgehead atoms. The van der Waals surface area contributed by atoms with Crippen molar-refractivity contribution in [1.82, 2.24) is 9.55 Å². The molecule has 1 fully saturated rings. The molecule has 27 heavy (non-hydrogen) atoms. The summed E-state index contributed by atoms with van der Waals surface area (Å²) in [7, 11) is 1.90. The minimum atomic E-state index is -0.142. The van der Waals surface area contributed by atoms with Crippen LogP contribution in [0.5, 0.6) is 0 Å². The lowest BCUT2D eigenvalue weighted by molar-refractivity contribution is -0.00545. The summed E-state index contributed by atoms with van der Waals surface area (Å²) in [5.74, 6) is 0.761. The lowest BCUT2D eigenvalue weighted by Gasteiger charge is -2.36. The molecule has 0 spiro atoms. The second-order valence-corrected chi connectivity index (χ2v) is 7.17. The molecular formula is C21H24N4O2. The number of morpholine rings is 1. The Labute approximate surface area is 158 Å². The topological polar surface area (TPSA) is 59.4 Å². The van der Waals surface area contributed by atoms with E-state index in [1.807, 2.05) is 54.1 Å². The van der Waals surface area contributed by atoms with Crippen LogP contribution in [0.2, 0.25) is 0 Å². The van der Waals surface area contributed by atoms with Crippen LogP contribution in [0.4, 0.5) is 11.5 Å². The van der Waals surface area contributed by atoms with Crippen molar-refractivity contribution in [3.63, 3.8) is 0 Å². The zero-order valence-corrected chi connectivity index (χ0v) is 15.8. The van der Waals surface area contributed by atoms with Gasteiger partial charge < -0.3 is 19.5 Å². The number of hydrogen-bond acceptors (Lipinski definition) is 4. The average Bonchev–Trinajstić information content (AvgIpc) is 2.99. The molecule has 1 aromatic carbocycles. The predicted molar refractivity (Wildman–Crippen MR) is 107 cm³/mol. The van der Waals surface area contributed by atoms with Gasteiger partial charge in [-0.15, -0.1) is 0 Å². The van der Waals surface area contributed by atoms with Gasteiger partial charge in [0.1, 0.15) is 11.5 Å². The van der Waals surface area contributed by atoms with Gasteiger partial charge in [-0.05, 0) is 38.1 Å². The highest BCUT2D eigenvalue weighted by Gasteiger charge is 2.23. The van der Waals surface area contributed by atoms with E-state index in [2.05, 4.69) is 29.0 Å². The average molecular weight is 364 g/mol. The van der Waals surface area contributed by atoms with Gasteiger partial charge in [0.05, 0.1) is 24.1 Å². The third kappa shape index (κ3) is 3.53. The Hall–Kier alpha value is -2.86. The number of fused-ring (bicyclic) bond motifs is 1. The summed E-state index contributed by atoms with van der Waals surface area (Å²) < 4.78 is 7.68. The largest absolute Gasteiger partial charge is 0.372 e. The second kappa shape index (κ2) is 7.04. The molecule has 1 saturated heterocycles. The third-order valence-electron chi connectivity index (χ3n) is 4.93. The van der Waals surface area contributed by atoms with Gasteiger partial charge in [0.25, 0.3) is 5.91 Å². The first-order valence-electron chi connectivity index (χ1n) is 9.23. The lowest BCUT2D eigenvalue weighted by atomic mass is 10.2. The second-order valence-electron chi connectivity index (χ2n) is 7.17. The number of hydrogen-bond donors (Lipinski definition) is 1. The van der Waals surface area contributed by atoms with Crippen molar-refractivity contribution in [2.24, 2.45) is 7.05 Å². The van der Waals surface area contributed by atoms with E-state index in [0.29, 0.717) is 11.4 Å². The molecule has 0 radical (unpaired) electrons. The summed E-state index contributed by atoms with van der Waals surface area (Å²) in [6, 6.07) is 13.7. The monoisotopic (exact) mass is 364 g/mol. The zero-order chi connectivity index (χ0) is 19.0. The summed E-state index contributed by atoms with van der Waals surface area (Å²) in [5, 5.41) is 3.99. The van der Waals surface area contributed by atoms with Crippen molar-refractivity contribution in [1.29, 1.82) is 0 Å². The van der Waals surface area contributed by atoms with E-state index in [4.69, 9.17) is 4.74 Å². The summed E-state index contributed by atoms with van der Waals surface area (Å²) in [5.41, 5.74) is 2.34. The first-order valence-corrected chi connectivity index (χ1v) is 9.23. The molecule has 2 atom stereocenters. The quantitative estimate of drug-likeness (QED) is 0.773. The number of nitrogens with zero attached hydrogens (tertiary/aromatic N) is 3. The van der Waals surface area contributed by atoms with Crippen LogP contribution in [0, 0.1) is 0 Å². The van der Waals surface area contributed by atoms with Gasteiger partial charge >= 0.3 is 0 Å². The molecule has 2 aromatic heterocycles. The van der Waals surface area contributed by atoms with Gasteiger partial charge in [-0.25, -0.2) is 4.98 Å². The highest BCUT2D eigenvalue weighted by atomic mass is 16.5. The molecule has 0 saturated carbocycles. The van der Waals surface area contributed by atoms with Gasteiger partial charge in [-0.2, -0.15) is 0 Å². The number of pyridine rings is 1. The number of ether oxygens (including phenoxy) is 1. The number of rotatable bonds is 3. The molecule has 4 rings (SSSR count). The Kier molecular flexibility index (Phi) is 4.58. The summed E-state index contributed by atoms with van der Waals surface area (Å²) >= 11 is 0. The van der Waals surface area contributed by atoms with E-state index < -0.39 is 0 Å². The van der Waals surface area contributed by atoms with Crippen LogP contribution in [0.1, 0.15) is 24.3 Å². The van der Waals surface area contributed by atoms with Crippen LogP contribution >= 0.6 is 0 Å². The molecular weight excluding hydrogens is 340 g/mol. The Balaban J connectivity index is 1.49. The number of aromatic nitrogens is 2. The Morgan fingerprint density at radius 2 is 1.89 bits per heavy atom. The molecule has 3 aromatic rings. The Bertz CT molecular complexity index is 954. The van der Waals surface area contributed by atoms with E-state index in [1.54, 1.807) is 6.20 Å². The molecule has 0 aliphatic carbocycles. The normalized spacial score (nSPS) is 20.0. The molecule has 1 aliphatic rings. The van der Waals surface area contributed by atoms with Crippen molar-refractivity contribution in [2.75, 3.05) is 23.3 Å². The van der Waals surface area contributed by atoms with Crippen molar-refractivity contribution in [2.45, 2.75) is 26.1 Å². The number of amides is 1. The van der Waals surface area contributed by atoms with Crippen LogP contribution in [-0.4, -0.2) is 40.8 Å². The number of aryl methyl sites for hydroxylation is 1. The molecule has 6 heteroatoms. The number of anilines is 2. The minimum Gasteiger partial charge on any atom is -0.372 e. The molecule has 6 nitrogen and oxygen atoms in total. The first kappa shape index (κ1) is 17.5. The smallest absolute Gasteiger partial charge is 0.272 e. The van der Waals surface area contributed by atoms with Gasteiger partial charge in [0.15, 0.2) is 0 Å². The molecule has 140 valence electrons. The molecule has 3 heterocycles. The zero-order valence-electron chi connectivity index (χ0n) is 15.8. The van der Waals surface area contributed by atoms with E-state index in [-0.39, 0.29) is 18.1 Å². The van der Waals surface area contributed by atoms with E-state index in [9.17, 15) is 4.79 Å². The number of carbonyl (C=O) groups excluding carboxylic acids is 1. The first-order chi connectivity index (χ1) is 13.0. The maximum absolute atomic E-state index is 12.7. The van der Waals surface area contributed by atoms with Crippen molar-refractivity contribution < 1.29 is 9.53 Å². The molecule has 1 amide bonds. The lowest BCUT2D eigenvalue weighted by Crippen LogP contribution is -2.45. The van der Waals surface area contributed by atoms with Crippen LogP contribution in [-0.2, 0) is 11.8 Å². The predicted octanol–water partition coefficient (Wildman–Crippen LogP) is 3.44. The van der Waals surface area contributed by atoms with Gasteiger partial charge in [-0.1, -0.05) is 18.2 Å². The number of carbonyl (C=O) groups is 1. The van der Waals surface area contributed by atoms with Crippen molar-refractivity contribution in [3.05, 3.63) is 54.4 Å². The fourth-order valence-electron chi connectivity index (χ4n) is 3.71. The van der Waals surface area contributed by atoms with Crippen LogP contribution in [0.3, 0.4) is 0 Å². The molecule has 2 unspecified atom stereocenters. The van der Waals surface area contributed by atoms with Crippen LogP contribution in [0.15, 0.2) is 48.7 Å². The highest BCUT2D eigenvalue weighted by molar-refractivity contribution is 6.06. The van der Waals surface area contributed by atoms with Gasteiger partial charge in [0, 0.05) is 31.0 Å². The fraction of sp³-hybridized carbons (Fsp3) is 0.333. The number of benzene rings is 1. The molecule has 1 N–H and O–H groups in total. The van der Waals surface area contributed by atoms with Crippen molar-refractivity contribution >= 4 is 28.3 Å². The highest BCUT2D eigenvalue weighted by Crippen LogP contribution is 2.22. The maximum atomic E-state index is 12.7. The summed E-state index contributed by atoms with van der Waals surface area (Å²) in [6.45, 7) is 5.78. The van der Waals surface area contributed by atoms with Crippen LogP contribution in [0.25, 0.3) is 10.9 Å². The van der Waals surface area contributed by atoms with E-state index >= 15 is 0 Å². The van der Waals surface area contributed by atoms with E-state index in [0.717, 1.165) is 29.8 Å². The maximum Gasteiger partial charge on any atom is 0.272 e.